The van der Waals surface area contributed by atoms with Gasteiger partial charge in [-0.25, -0.2) is 0 Å². The molecule has 2 aromatic rings. The molecule has 1 saturated heterocycles. The van der Waals surface area contributed by atoms with E-state index >= 15 is 0 Å². The van der Waals surface area contributed by atoms with Crippen LogP contribution in [0.3, 0.4) is 0 Å². The van der Waals surface area contributed by atoms with Gasteiger partial charge in [-0.2, -0.15) is 0 Å². The van der Waals surface area contributed by atoms with Gasteiger partial charge >= 0.3 is 6.36 Å². The smallest absolute Gasteiger partial charge is 0.406 e. The van der Waals surface area contributed by atoms with Crippen LogP contribution in [0.1, 0.15) is 23.6 Å². The molecule has 4 nitrogen and oxygen atoms in total. The number of halogens is 3. The summed E-state index contributed by atoms with van der Waals surface area (Å²) in [6.45, 7) is 4.39. The third-order valence-electron chi connectivity index (χ3n) is 5.97. The van der Waals surface area contributed by atoms with Crippen LogP contribution < -0.4 is 4.74 Å². The standard InChI is InChI=1S/C23H24F3NO3/c1-21(14-27(2)15-21)22(28,18-6-8-20(9-7-18)30-23(24,25)26)19-5-3-4-16(12-19)17-10-11-29-13-17/h3-10,12,28H,11,13-15H2,1-2H3/t22-/m1/s1. The number of likely N-dealkylation sites (tertiary alicyclic amines) is 1. The molecule has 2 aliphatic rings. The van der Waals surface area contributed by atoms with Crippen LogP contribution in [0.25, 0.3) is 5.57 Å². The molecule has 0 radical (unpaired) electrons. The molecule has 1 atom stereocenters. The summed E-state index contributed by atoms with van der Waals surface area (Å²) in [5.74, 6) is -0.313. The average molecular weight is 419 g/mol. The van der Waals surface area contributed by atoms with Gasteiger partial charge in [-0.05, 0) is 47.5 Å². The minimum absolute atomic E-state index is 0.313. The molecule has 1 fully saturated rings. The Morgan fingerprint density at radius 1 is 1.07 bits per heavy atom. The summed E-state index contributed by atoms with van der Waals surface area (Å²) < 4.78 is 47.0. The fraction of sp³-hybridized carbons (Fsp3) is 0.391. The first kappa shape index (κ1) is 20.9. The van der Waals surface area contributed by atoms with E-state index in [1.165, 1.54) is 24.3 Å². The van der Waals surface area contributed by atoms with E-state index in [9.17, 15) is 18.3 Å². The zero-order valence-electron chi connectivity index (χ0n) is 16.9. The van der Waals surface area contributed by atoms with Crippen molar-refractivity contribution in [1.82, 2.24) is 4.90 Å². The quantitative estimate of drug-likeness (QED) is 0.789. The lowest BCUT2D eigenvalue weighted by atomic mass is 9.62. The number of rotatable bonds is 5. The average Bonchev–Trinajstić information content (AvgIpc) is 3.20. The Morgan fingerprint density at radius 2 is 1.77 bits per heavy atom. The predicted molar refractivity (Wildman–Crippen MR) is 107 cm³/mol. The fourth-order valence-electron chi connectivity index (χ4n) is 4.67. The normalized spacial score (nSPS) is 20.9. The molecule has 0 spiro atoms. The second-order valence-electron chi connectivity index (χ2n) is 8.34. The van der Waals surface area contributed by atoms with E-state index in [1.54, 1.807) is 0 Å². The van der Waals surface area contributed by atoms with Crippen LogP contribution in [0.2, 0.25) is 0 Å². The summed E-state index contributed by atoms with van der Waals surface area (Å²) in [6.07, 6.45) is -2.74. The van der Waals surface area contributed by atoms with Gasteiger partial charge in [0.2, 0.25) is 0 Å². The van der Waals surface area contributed by atoms with Crippen molar-refractivity contribution >= 4 is 5.57 Å². The van der Waals surface area contributed by atoms with Gasteiger partial charge in [-0.1, -0.05) is 43.3 Å². The van der Waals surface area contributed by atoms with Gasteiger partial charge < -0.3 is 19.5 Å². The molecular formula is C23H24F3NO3. The van der Waals surface area contributed by atoms with Gasteiger partial charge in [-0.3, -0.25) is 0 Å². The molecule has 30 heavy (non-hydrogen) atoms. The van der Waals surface area contributed by atoms with Gasteiger partial charge in [0.25, 0.3) is 0 Å². The van der Waals surface area contributed by atoms with Gasteiger partial charge in [0.15, 0.2) is 0 Å². The van der Waals surface area contributed by atoms with Crippen LogP contribution in [-0.4, -0.2) is 49.7 Å². The first-order valence-corrected chi connectivity index (χ1v) is 9.76. The molecule has 4 rings (SSSR count). The lowest BCUT2D eigenvalue weighted by Crippen LogP contribution is -2.63. The molecule has 160 valence electrons. The predicted octanol–water partition coefficient (Wildman–Crippen LogP) is 4.19. The lowest BCUT2D eigenvalue weighted by molar-refractivity contribution is -0.274. The summed E-state index contributed by atoms with van der Waals surface area (Å²) in [7, 11) is 1.97. The van der Waals surface area contributed by atoms with E-state index in [1.807, 2.05) is 44.3 Å². The zero-order valence-corrected chi connectivity index (χ0v) is 16.9. The molecule has 2 aliphatic heterocycles. The second-order valence-corrected chi connectivity index (χ2v) is 8.34. The number of hydrogen-bond donors (Lipinski definition) is 1. The van der Waals surface area contributed by atoms with Crippen molar-refractivity contribution in [3.63, 3.8) is 0 Å². The summed E-state index contributed by atoms with van der Waals surface area (Å²) in [5, 5.41) is 12.1. The van der Waals surface area contributed by atoms with E-state index in [0.29, 0.717) is 37.4 Å². The molecule has 2 aromatic carbocycles. The number of hydrogen-bond acceptors (Lipinski definition) is 4. The van der Waals surface area contributed by atoms with Crippen molar-refractivity contribution in [2.75, 3.05) is 33.4 Å². The molecular weight excluding hydrogens is 395 g/mol. The van der Waals surface area contributed by atoms with E-state index in [-0.39, 0.29) is 5.75 Å². The maximum atomic E-state index is 12.5. The van der Waals surface area contributed by atoms with Crippen molar-refractivity contribution in [3.05, 3.63) is 71.3 Å². The maximum absolute atomic E-state index is 12.5. The van der Waals surface area contributed by atoms with E-state index in [4.69, 9.17) is 4.74 Å². The molecule has 0 aliphatic carbocycles. The maximum Gasteiger partial charge on any atom is 0.573 e. The van der Waals surface area contributed by atoms with Crippen molar-refractivity contribution in [2.45, 2.75) is 18.9 Å². The molecule has 0 saturated carbocycles. The first-order valence-electron chi connectivity index (χ1n) is 9.76. The third-order valence-corrected chi connectivity index (χ3v) is 5.97. The van der Waals surface area contributed by atoms with Gasteiger partial charge in [0.1, 0.15) is 11.4 Å². The van der Waals surface area contributed by atoms with Crippen molar-refractivity contribution in [3.8, 4) is 5.75 Å². The SMILES string of the molecule is CN1CC(C)([C@@](O)(c2ccc(OC(F)(F)F)cc2)c2cccc(C3=CCOC3)c2)C1. The molecule has 0 bridgehead atoms. The van der Waals surface area contributed by atoms with Crippen LogP contribution in [-0.2, 0) is 10.3 Å². The Bertz CT molecular complexity index is 949. The van der Waals surface area contributed by atoms with Crippen LogP contribution in [0.5, 0.6) is 5.75 Å². The number of ether oxygens (including phenoxy) is 2. The molecule has 0 aromatic heterocycles. The molecule has 7 heteroatoms. The monoisotopic (exact) mass is 419 g/mol. The van der Waals surface area contributed by atoms with Crippen molar-refractivity contribution in [1.29, 1.82) is 0 Å². The van der Waals surface area contributed by atoms with E-state index < -0.39 is 17.4 Å². The Kier molecular flexibility index (Phi) is 5.16. The van der Waals surface area contributed by atoms with Gasteiger partial charge in [0.05, 0.1) is 13.2 Å². The highest BCUT2D eigenvalue weighted by Crippen LogP contribution is 2.50. The van der Waals surface area contributed by atoms with E-state index in [2.05, 4.69) is 9.64 Å². The summed E-state index contributed by atoms with van der Waals surface area (Å²) in [5.41, 5.74) is 1.37. The summed E-state index contributed by atoms with van der Waals surface area (Å²) in [4.78, 5) is 2.10. The number of aliphatic hydroxyl groups is 1. The highest BCUT2D eigenvalue weighted by atomic mass is 19.4. The largest absolute Gasteiger partial charge is 0.573 e. The van der Waals surface area contributed by atoms with Crippen LogP contribution >= 0.6 is 0 Å². The van der Waals surface area contributed by atoms with Gasteiger partial charge in [-0.15, -0.1) is 13.2 Å². The fourth-order valence-corrected chi connectivity index (χ4v) is 4.67. The number of alkyl halides is 3. The molecule has 0 amide bonds. The Morgan fingerprint density at radius 3 is 2.33 bits per heavy atom. The number of benzene rings is 2. The first-order chi connectivity index (χ1) is 14.1. The Labute approximate surface area is 173 Å². The van der Waals surface area contributed by atoms with Crippen molar-refractivity contribution < 1.29 is 27.8 Å². The minimum atomic E-state index is -4.76. The Hall–Kier alpha value is -2.35. The van der Waals surface area contributed by atoms with E-state index in [0.717, 1.165) is 11.1 Å². The second kappa shape index (κ2) is 7.41. The zero-order chi connectivity index (χ0) is 21.6. The van der Waals surface area contributed by atoms with Crippen molar-refractivity contribution in [2.24, 2.45) is 5.41 Å². The van der Waals surface area contributed by atoms with Crippen LogP contribution in [0, 0.1) is 5.41 Å². The lowest BCUT2D eigenvalue weighted by Gasteiger charge is -2.56. The number of nitrogens with zero attached hydrogens (tertiary/aromatic N) is 1. The van der Waals surface area contributed by atoms with Crippen LogP contribution in [0.15, 0.2) is 54.6 Å². The molecule has 0 unspecified atom stereocenters. The van der Waals surface area contributed by atoms with Gasteiger partial charge in [0, 0.05) is 18.5 Å². The molecule has 1 N–H and O–H groups in total. The minimum Gasteiger partial charge on any atom is -0.406 e. The Balaban J connectivity index is 1.76. The van der Waals surface area contributed by atoms with Crippen LogP contribution in [0.4, 0.5) is 13.2 Å². The molecule has 2 heterocycles. The summed E-state index contributed by atoms with van der Waals surface area (Å²) >= 11 is 0. The summed E-state index contributed by atoms with van der Waals surface area (Å²) in [6, 6.07) is 13.2. The highest BCUT2D eigenvalue weighted by molar-refractivity contribution is 5.68. The topological polar surface area (TPSA) is 41.9 Å². The highest BCUT2D eigenvalue weighted by Gasteiger charge is 2.55. The third kappa shape index (κ3) is 3.73.